The maximum Gasteiger partial charge on any atom is 0.227 e. The number of amides is 2. The third-order valence-corrected chi connectivity index (χ3v) is 4.88. The summed E-state index contributed by atoms with van der Waals surface area (Å²) in [7, 11) is 0. The molecule has 2 N–H and O–H groups in total. The highest BCUT2D eigenvalue weighted by Crippen LogP contribution is 2.30. The van der Waals surface area contributed by atoms with Crippen molar-refractivity contribution in [3.8, 4) is 0 Å². The summed E-state index contributed by atoms with van der Waals surface area (Å²) in [6, 6.07) is 12.8. The van der Waals surface area contributed by atoms with E-state index in [1.165, 1.54) is 0 Å². The molecule has 0 aromatic heterocycles. The molecule has 1 aliphatic heterocycles. The van der Waals surface area contributed by atoms with Crippen LogP contribution in [0.1, 0.15) is 18.4 Å². The van der Waals surface area contributed by atoms with Crippen LogP contribution in [0.4, 0.5) is 11.4 Å². The van der Waals surface area contributed by atoms with Gasteiger partial charge in [-0.1, -0.05) is 47.5 Å². The van der Waals surface area contributed by atoms with Gasteiger partial charge in [-0.2, -0.15) is 0 Å². The molecule has 1 heterocycles. The van der Waals surface area contributed by atoms with Gasteiger partial charge in [-0.05, 0) is 36.6 Å². The van der Waals surface area contributed by atoms with Gasteiger partial charge in [-0.3, -0.25) is 9.59 Å². The predicted octanol–water partition coefficient (Wildman–Crippen LogP) is 4.52. The summed E-state index contributed by atoms with van der Waals surface area (Å²) < 4.78 is 0. The first-order chi connectivity index (χ1) is 11.5. The zero-order valence-corrected chi connectivity index (χ0v) is 14.3. The molecule has 2 aromatic carbocycles. The van der Waals surface area contributed by atoms with E-state index in [-0.39, 0.29) is 24.2 Å². The van der Waals surface area contributed by atoms with Crippen molar-refractivity contribution in [3.05, 3.63) is 58.1 Å². The largest absolute Gasteiger partial charge is 0.326 e. The highest BCUT2D eigenvalue weighted by molar-refractivity contribution is 6.43. The molecule has 0 radical (unpaired) electrons. The molecule has 0 spiro atoms. The van der Waals surface area contributed by atoms with E-state index < -0.39 is 0 Å². The van der Waals surface area contributed by atoms with E-state index in [1.54, 1.807) is 18.2 Å². The second-order valence-corrected chi connectivity index (χ2v) is 6.52. The molecule has 3 rings (SSSR count). The Labute approximate surface area is 150 Å². The average Bonchev–Trinajstić information content (AvgIpc) is 2.57. The van der Waals surface area contributed by atoms with Crippen molar-refractivity contribution < 1.29 is 9.59 Å². The van der Waals surface area contributed by atoms with Gasteiger partial charge in [-0.15, -0.1) is 0 Å². The maximum atomic E-state index is 12.1. The number of nitrogens with one attached hydrogen (secondary N) is 2. The molecule has 2 amide bonds. The lowest BCUT2D eigenvalue weighted by atomic mass is 9.89. The number of carbonyl (C=O) groups is 2. The van der Waals surface area contributed by atoms with E-state index in [9.17, 15) is 9.59 Å². The van der Waals surface area contributed by atoms with Crippen molar-refractivity contribution >= 4 is 46.4 Å². The van der Waals surface area contributed by atoms with Crippen molar-refractivity contribution in [2.24, 2.45) is 5.92 Å². The van der Waals surface area contributed by atoms with E-state index in [2.05, 4.69) is 10.6 Å². The number of hydrogen-bond donors (Lipinski definition) is 2. The van der Waals surface area contributed by atoms with E-state index in [0.29, 0.717) is 28.6 Å². The second kappa shape index (κ2) is 7.24. The Morgan fingerprint density at radius 2 is 1.96 bits per heavy atom. The highest BCUT2D eigenvalue weighted by Gasteiger charge is 2.26. The third kappa shape index (κ3) is 3.71. The fourth-order valence-electron chi connectivity index (χ4n) is 2.76. The minimum Gasteiger partial charge on any atom is -0.326 e. The third-order valence-electron chi connectivity index (χ3n) is 4.06. The first kappa shape index (κ1) is 16.8. The Bertz CT molecular complexity index is 792. The summed E-state index contributed by atoms with van der Waals surface area (Å²) in [6.45, 7) is 0. The molecule has 1 aliphatic rings. The summed E-state index contributed by atoms with van der Waals surface area (Å²) >= 11 is 12.0. The van der Waals surface area contributed by atoms with Crippen molar-refractivity contribution in [1.82, 2.24) is 0 Å². The molecule has 2 aromatic rings. The van der Waals surface area contributed by atoms with Crippen LogP contribution in [-0.4, -0.2) is 11.8 Å². The number of rotatable bonds is 4. The molecule has 0 aliphatic carbocycles. The number of para-hydroxylation sites is 1. The summed E-state index contributed by atoms with van der Waals surface area (Å²) in [5, 5.41) is 6.33. The molecule has 0 saturated heterocycles. The molecule has 0 bridgehead atoms. The van der Waals surface area contributed by atoms with Gasteiger partial charge in [0.15, 0.2) is 0 Å². The fraction of sp³-hybridized carbons (Fsp3) is 0.222. The molecular weight excluding hydrogens is 347 g/mol. The van der Waals surface area contributed by atoms with Crippen LogP contribution in [-0.2, 0) is 16.0 Å². The van der Waals surface area contributed by atoms with Crippen LogP contribution in [0.2, 0.25) is 10.0 Å². The standard InChI is InChI=1S/C18H16Cl2N2O2/c19-13-5-3-7-15(17(13)20)21-16(23)9-8-12-10-11-4-1-2-6-14(11)22-18(12)24/h1-7,12H,8-10H2,(H,21,23)(H,22,24). The summed E-state index contributed by atoms with van der Waals surface area (Å²) in [4.78, 5) is 24.3. The van der Waals surface area contributed by atoms with Gasteiger partial charge in [0.05, 0.1) is 15.7 Å². The molecule has 1 atom stereocenters. The quantitative estimate of drug-likeness (QED) is 0.839. The average molecular weight is 363 g/mol. The molecule has 0 saturated carbocycles. The normalized spacial score (nSPS) is 16.2. The summed E-state index contributed by atoms with van der Waals surface area (Å²) in [5.41, 5.74) is 2.43. The van der Waals surface area contributed by atoms with Crippen molar-refractivity contribution in [1.29, 1.82) is 0 Å². The van der Waals surface area contributed by atoms with Gasteiger partial charge < -0.3 is 10.6 Å². The van der Waals surface area contributed by atoms with Gasteiger partial charge in [-0.25, -0.2) is 0 Å². The zero-order chi connectivity index (χ0) is 17.1. The Morgan fingerprint density at radius 1 is 1.17 bits per heavy atom. The van der Waals surface area contributed by atoms with Crippen LogP contribution in [0.15, 0.2) is 42.5 Å². The van der Waals surface area contributed by atoms with Gasteiger partial charge in [0.1, 0.15) is 0 Å². The minimum absolute atomic E-state index is 0.0395. The van der Waals surface area contributed by atoms with Crippen molar-refractivity contribution in [2.45, 2.75) is 19.3 Å². The Morgan fingerprint density at radius 3 is 2.79 bits per heavy atom. The predicted molar refractivity (Wildman–Crippen MR) is 96.6 cm³/mol. The lowest BCUT2D eigenvalue weighted by molar-refractivity contribution is -0.121. The number of anilines is 2. The first-order valence-electron chi connectivity index (χ1n) is 7.67. The van der Waals surface area contributed by atoms with Gasteiger partial charge in [0.25, 0.3) is 0 Å². The lowest BCUT2D eigenvalue weighted by Crippen LogP contribution is -2.30. The molecule has 6 heteroatoms. The number of carbonyl (C=O) groups excluding carboxylic acids is 2. The minimum atomic E-state index is -0.208. The Balaban J connectivity index is 1.59. The fourth-order valence-corrected chi connectivity index (χ4v) is 3.11. The lowest BCUT2D eigenvalue weighted by Gasteiger charge is -2.24. The van der Waals surface area contributed by atoms with E-state index in [4.69, 9.17) is 23.2 Å². The van der Waals surface area contributed by atoms with Crippen LogP contribution in [0.5, 0.6) is 0 Å². The van der Waals surface area contributed by atoms with E-state index in [0.717, 1.165) is 11.3 Å². The number of hydrogen-bond acceptors (Lipinski definition) is 2. The SMILES string of the molecule is O=C(CCC1Cc2ccccc2NC1=O)Nc1cccc(Cl)c1Cl. The zero-order valence-electron chi connectivity index (χ0n) is 12.8. The van der Waals surface area contributed by atoms with Crippen LogP contribution in [0.3, 0.4) is 0 Å². The van der Waals surface area contributed by atoms with Crippen LogP contribution < -0.4 is 10.6 Å². The topological polar surface area (TPSA) is 58.2 Å². The van der Waals surface area contributed by atoms with Crippen LogP contribution in [0.25, 0.3) is 0 Å². The van der Waals surface area contributed by atoms with Crippen LogP contribution in [0, 0.1) is 5.92 Å². The molecular formula is C18H16Cl2N2O2. The number of benzene rings is 2. The number of fused-ring (bicyclic) bond motifs is 1. The first-order valence-corrected chi connectivity index (χ1v) is 8.43. The van der Waals surface area contributed by atoms with Gasteiger partial charge in [0, 0.05) is 18.0 Å². The van der Waals surface area contributed by atoms with Crippen molar-refractivity contribution in [3.63, 3.8) is 0 Å². The Hall–Kier alpha value is -2.04. The molecule has 0 fully saturated rings. The van der Waals surface area contributed by atoms with Crippen molar-refractivity contribution in [2.75, 3.05) is 10.6 Å². The molecule has 1 unspecified atom stereocenters. The highest BCUT2D eigenvalue weighted by atomic mass is 35.5. The van der Waals surface area contributed by atoms with E-state index in [1.807, 2.05) is 24.3 Å². The number of halogens is 2. The van der Waals surface area contributed by atoms with E-state index >= 15 is 0 Å². The maximum absolute atomic E-state index is 12.1. The smallest absolute Gasteiger partial charge is 0.227 e. The molecule has 124 valence electrons. The molecule has 4 nitrogen and oxygen atoms in total. The van der Waals surface area contributed by atoms with Crippen LogP contribution >= 0.6 is 23.2 Å². The summed E-state index contributed by atoms with van der Waals surface area (Å²) in [5.74, 6) is -0.436. The van der Waals surface area contributed by atoms with Gasteiger partial charge >= 0.3 is 0 Å². The Kier molecular flexibility index (Phi) is 5.07. The molecule has 24 heavy (non-hydrogen) atoms. The second-order valence-electron chi connectivity index (χ2n) is 5.74. The van der Waals surface area contributed by atoms with Gasteiger partial charge in [0.2, 0.25) is 11.8 Å². The summed E-state index contributed by atoms with van der Waals surface area (Å²) in [6.07, 6.45) is 1.36. The monoisotopic (exact) mass is 362 g/mol.